The third-order valence-corrected chi connectivity index (χ3v) is 10.7. The van der Waals surface area contributed by atoms with Crippen LogP contribution in [-0.4, -0.2) is 37.9 Å². The Morgan fingerprint density at radius 3 is 1.29 bits per heavy atom. The van der Waals surface area contributed by atoms with Crippen LogP contribution in [0.2, 0.25) is 0 Å². The molecule has 0 amide bonds. The summed E-state index contributed by atoms with van der Waals surface area (Å²) in [6.07, 6.45) is 55.9. The van der Waals surface area contributed by atoms with Gasteiger partial charge in [0.15, 0.2) is 6.10 Å². The predicted molar refractivity (Wildman–Crippen MR) is 242 cm³/mol. The molecule has 0 N–H and O–H groups in total. The molecule has 0 aliphatic rings. The minimum absolute atomic E-state index is 0.0828. The molecule has 0 saturated heterocycles. The second-order valence-electron chi connectivity index (χ2n) is 16.4. The van der Waals surface area contributed by atoms with Gasteiger partial charge < -0.3 is 14.2 Å². The van der Waals surface area contributed by atoms with Gasteiger partial charge in [-0.25, -0.2) is 0 Å². The lowest BCUT2D eigenvalue weighted by molar-refractivity contribution is -0.163. The second kappa shape index (κ2) is 47.5. The molecule has 1 atom stereocenters. The lowest BCUT2D eigenvalue weighted by atomic mass is 10.0. The number of ether oxygens (including phenoxy) is 3. The van der Waals surface area contributed by atoms with E-state index >= 15 is 0 Å². The van der Waals surface area contributed by atoms with E-state index in [-0.39, 0.29) is 25.2 Å². The van der Waals surface area contributed by atoms with Crippen molar-refractivity contribution in [1.29, 1.82) is 0 Å². The molecule has 0 aromatic rings. The summed E-state index contributed by atoms with van der Waals surface area (Å²) in [7, 11) is 0. The first kappa shape index (κ1) is 54.1. The molecule has 0 heterocycles. The molecule has 0 aromatic carbocycles. The van der Waals surface area contributed by atoms with Crippen molar-refractivity contribution in [2.75, 3.05) is 19.8 Å². The normalized spacial score (nSPS) is 12.4. The topological polar surface area (TPSA) is 61.8 Å². The van der Waals surface area contributed by atoms with Crippen molar-refractivity contribution in [3.63, 3.8) is 0 Å². The van der Waals surface area contributed by atoms with Gasteiger partial charge in [0.25, 0.3) is 0 Å². The van der Waals surface area contributed by atoms with Crippen molar-refractivity contribution >= 4 is 11.9 Å². The molecule has 0 rings (SSSR count). The van der Waals surface area contributed by atoms with Crippen LogP contribution in [0, 0.1) is 0 Å². The van der Waals surface area contributed by atoms with Crippen molar-refractivity contribution in [3.05, 3.63) is 36.5 Å². The molecule has 0 aliphatic heterocycles. The van der Waals surface area contributed by atoms with Gasteiger partial charge in [0.1, 0.15) is 6.61 Å². The maximum absolute atomic E-state index is 12.7. The number of hydrogen-bond donors (Lipinski definition) is 0. The molecule has 0 aromatic heterocycles. The summed E-state index contributed by atoms with van der Waals surface area (Å²) in [6, 6.07) is 0. The van der Waals surface area contributed by atoms with Gasteiger partial charge in [-0.2, -0.15) is 0 Å². The predicted octanol–water partition coefficient (Wildman–Crippen LogP) is 16.2. The molecule has 0 fully saturated rings. The van der Waals surface area contributed by atoms with Crippen molar-refractivity contribution in [2.45, 2.75) is 258 Å². The van der Waals surface area contributed by atoms with E-state index in [2.05, 4.69) is 57.2 Å². The molecule has 0 radical (unpaired) electrons. The maximum atomic E-state index is 12.7. The summed E-state index contributed by atoms with van der Waals surface area (Å²) in [4.78, 5) is 25.2. The standard InChI is InChI=1S/C51H94O5/c1-4-7-10-13-16-18-20-22-24-25-26-27-29-30-32-34-36-38-41-44-50(52)55-48-49(47-54-46-43-40-15-12-9-6-3)56-51(53)45-42-39-37-35-33-31-28-23-21-19-17-14-11-8-5-2/h8,11,17,19,23,28,49H,4-7,9-10,12-16,18,20-22,24-27,29-48H2,1-3H3/b11-8-,19-17-,28-23-. The van der Waals surface area contributed by atoms with Crippen LogP contribution in [0.4, 0.5) is 0 Å². The highest BCUT2D eigenvalue weighted by atomic mass is 16.6. The van der Waals surface area contributed by atoms with E-state index in [1.165, 1.54) is 148 Å². The molecule has 5 nitrogen and oxygen atoms in total. The zero-order valence-corrected chi connectivity index (χ0v) is 37.7. The Balaban J connectivity index is 4.05. The molecular formula is C51H94O5. The molecule has 328 valence electrons. The van der Waals surface area contributed by atoms with Crippen LogP contribution in [0.1, 0.15) is 252 Å². The Morgan fingerprint density at radius 2 is 0.804 bits per heavy atom. The van der Waals surface area contributed by atoms with Crippen LogP contribution in [-0.2, 0) is 23.8 Å². The highest BCUT2D eigenvalue weighted by molar-refractivity contribution is 5.70. The quantitative estimate of drug-likeness (QED) is 0.0349. The fourth-order valence-electron chi connectivity index (χ4n) is 7.05. The van der Waals surface area contributed by atoms with Crippen molar-refractivity contribution in [2.24, 2.45) is 0 Å². The van der Waals surface area contributed by atoms with Gasteiger partial charge >= 0.3 is 11.9 Å². The van der Waals surface area contributed by atoms with Crippen LogP contribution < -0.4 is 0 Å². The van der Waals surface area contributed by atoms with E-state index < -0.39 is 6.10 Å². The van der Waals surface area contributed by atoms with Crippen molar-refractivity contribution < 1.29 is 23.8 Å². The third kappa shape index (κ3) is 44.8. The van der Waals surface area contributed by atoms with Crippen LogP contribution in [0.25, 0.3) is 0 Å². The van der Waals surface area contributed by atoms with E-state index in [4.69, 9.17) is 14.2 Å². The van der Waals surface area contributed by atoms with Gasteiger partial charge in [0.05, 0.1) is 6.61 Å². The van der Waals surface area contributed by atoms with Gasteiger partial charge in [-0.15, -0.1) is 0 Å². The second-order valence-corrected chi connectivity index (χ2v) is 16.4. The first-order chi connectivity index (χ1) is 27.6. The summed E-state index contributed by atoms with van der Waals surface area (Å²) >= 11 is 0. The summed E-state index contributed by atoms with van der Waals surface area (Å²) in [5.74, 6) is -0.408. The van der Waals surface area contributed by atoms with Crippen molar-refractivity contribution in [1.82, 2.24) is 0 Å². The smallest absolute Gasteiger partial charge is 0.306 e. The Kier molecular flexibility index (Phi) is 45.9. The number of unbranched alkanes of at least 4 members (excludes halogenated alkanes) is 28. The Bertz CT molecular complexity index is 893. The maximum Gasteiger partial charge on any atom is 0.306 e. The van der Waals surface area contributed by atoms with Crippen LogP contribution >= 0.6 is 0 Å². The van der Waals surface area contributed by atoms with Gasteiger partial charge in [-0.05, 0) is 51.4 Å². The average molecular weight is 787 g/mol. The van der Waals surface area contributed by atoms with E-state index in [9.17, 15) is 9.59 Å². The first-order valence-corrected chi connectivity index (χ1v) is 24.5. The van der Waals surface area contributed by atoms with Gasteiger partial charge in [-0.3, -0.25) is 9.59 Å². The third-order valence-electron chi connectivity index (χ3n) is 10.7. The van der Waals surface area contributed by atoms with Gasteiger partial charge in [0.2, 0.25) is 0 Å². The molecule has 0 saturated carbocycles. The lowest BCUT2D eigenvalue weighted by Crippen LogP contribution is -2.30. The van der Waals surface area contributed by atoms with Crippen LogP contribution in [0.15, 0.2) is 36.5 Å². The summed E-state index contributed by atoms with van der Waals surface area (Å²) in [6.45, 7) is 7.69. The number of esters is 2. The highest BCUT2D eigenvalue weighted by Crippen LogP contribution is 2.16. The summed E-state index contributed by atoms with van der Waals surface area (Å²) in [5, 5.41) is 0. The van der Waals surface area contributed by atoms with Crippen molar-refractivity contribution in [3.8, 4) is 0 Å². The number of carbonyl (C=O) groups is 2. The van der Waals surface area contributed by atoms with Gasteiger partial charge in [0, 0.05) is 19.4 Å². The number of rotatable bonds is 45. The lowest BCUT2D eigenvalue weighted by Gasteiger charge is -2.18. The Hall–Kier alpha value is -1.88. The Morgan fingerprint density at radius 1 is 0.411 bits per heavy atom. The molecular weight excluding hydrogens is 693 g/mol. The van der Waals surface area contributed by atoms with E-state index in [1.807, 2.05) is 0 Å². The minimum Gasteiger partial charge on any atom is -0.462 e. The number of allylic oxidation sites excluding steroid dienone is 6. The van der Waals surface area contributed by atoms with E-state index in [1.54, 1.807) is 0 Å². The monoisotopic (exact) mass is 787 g/mol. The van der Waals surface area contributed by atoms with E-state index in [0.717, 1.165) is 70.6 Å². The number of carbonyl (C=O) groups excluding carboxylic acids is 2. The van der Waals surface area contributed by atoms with Gasteiger partial charge in [-0.1, -0.05) is 224 Å². The zero-order chi connectivity index (χ0) is 40.7. The molecule has 56 heavy (non-hydrogen) atoms. The van der Waals surface area contributed by atoms with Crippen LogP contribution in [0.3, 0.4) is 0 Å². The highest BCUT2D eigenvalue weighted by Gasteiger charge is 2.17. The molecule has 1 unspecified atom stereocenters. The zero-order valence-electron chi connectivity index (χ0n) is 37.7. The minimum atomic E-state index is -0.536. The molecule has 0 bridgehead atoms. The molecule has 0 spiro atoms. The summed E-state index contributed by atoms with van der Waals surface area (Å²) < 4.78 is 17.2. The Labute approximate surface area is 349 Å². The first-order valence-electron chi connectivity index (χ1n) is 24.5. The molecule has 5 heteroatoms. The fraction of sp³-hybridized carbons (Fsp3) is 0.843. The van der Waals surface area contributed by atoms with E-state index in [0.29, 0.717) is 19.4 Å². The largest absolute Gasteiger partial charge is 0.462 e. The average Bonchev–Trinajstić information content (AvgIpc) is 3.20. The molecule has 0 aliphatic carbocycles. The summed E-state index contributed by atoms with van der Waals surface area (Å²) in [5.41, 5.74) is 0. The fourth-order valence-corrected chi connectivity index (χ4v) is 7.05. The van der Waals surface area contributed by atoms with Crippen LogP contribution in [0.5, 0.6) is 0 Å². The SMILES string of the molecule is CC/C=C\C/C=C\C/C=C\CCCCCCCC(=O)OC(COCCCCCCCC)COC(=O)CCCCCCCCCCCCCCCCCCCCC. The number of hydrogen-bond acceptors (Lipinski definition) is 5.